The lowest BCUT2D eigenvalue weighted by Crippen LogP contribution is -2.07. The maximum absolute atomic E-state index is 12.8. The summed E-state index contributed by atoms with van der Waals surface area (Å²) in [7, 11) is 0. The zero-order valence-corrected chi connectivity index (χ0v) is 10.3. The van der Waals surface area contributed by atoms with Crippen molar-refractivity contribution in [3.05, 3.63) is 53.7 Å². The maximum atomic E-state index is 12.8. The lowest BCUT2D eigenvalue weighted by molar-refractivity contribution is -0.140. The first-order valence-corrected chi connectivity index (χ1v) is 6.05. The van der Waals surface area contributed by atoms with Crippen LogP contribution in [0, 0.1) is 6.92 Å². The highest BCUT2D eigenvalue weighted by molar-refractivity contribution is 7.99. The smallest absolute Gasteiger partial charge is 0.249 e. The molecule has 0 unspecified atom stereocenters. The number of benzene rings is 1. The van der Waals surface area contributed by atoms with Crippen LogP contribution in [0.2, 0.25) is 0 Å². The van der Waals surface area contributed by atoms with Crippen LogP contribution in [-0.2, 0) is 6.18 Å². The Balaban J connectivity index is 2.32. The molecule has 0 spiro atoms. The van der Waals surface area contributed by atoms with Crippen molar-refractivity contribution in [2.24, 2.45) is 0 Å². The second-order valence-electron chi connectivity index (χ2n) is 3.77. The standard InChI is InChI=1S/C13H10F3NS/c1-9-4-6-10(7-5-9)18-12-11(13(14,15)16)3-2-8-17-12/h2-8H,1H3. The van der Waals surface area contributed by atoms with Crippen molar-refractivity contribution in [1.82, 2.24) is 4.98 Å². The van der Waals surface area contributed by atoms with Gasteiger partial charge in [0, 0.05) is 11.1 Å². The molecule has 0 bridgehead atoms. The predicted molar refractivity (Wildman–Crippen MR) is 64.5 cm³/mol. The molecule has 2 aromatic rings. The molecule has 2 rings (SSSR count). The van der Waals surface area contributed by atoms with Gasteiger partial charge in [0.25, 0.3) is 0 Å². The van der Waals surface area contributed by atoms with Crippen molar-refractivity contribution < 1.29 is 13.2 Å². The Morgan fingerprint density at radius 1 is 1.06 bits per heavy atom. The molecular formula is C13H10F3NS. The largest absolute Gasteiger partial charge is 0.419 e. The fourth-order valence-electron chi connectivity index (χ4n) is 1.41. The highest BCUT2D eigenvalue weighted by Gasteiger charge is 2.34. The Bertz CT molecular complexity index is 535. The summed E-state index contributed by atoms with van der Waals surface area (Å²) < 4.78 is 38.3. The van der Waals surface area contributed by atoms with Crippen LogP contribution in [0.5, 0.6) is 0 Å². The number of aryl methyl sites for hydroxylation is 1. The first-order chi connectivity index (χ1) is 8.47. The molecule has 0 saturated heterocycles. The molecular weight excluding hydrogens is 259 g/mol. The summed E-state index contributed by atoms with van der Waals surface area (Å²) in [6.45, 7) is 1.93. The van der Waals surface area contributed by atoms with Gasteiger partial charge in [-0.2, -0.15) is 13.2 Å². The minimum atomic E-state index is -4.37. The molecule has 94 valence electrons. The molecule has 0 aliphatic heterocycles. The third kappa shape index (κ3) is 3.04. The number of hydrogen-bond donors (Lipinski definition) is 0. The lowest BCUT2D eigenvalue weighted by atomic mass is 10.2. The normalized spacial score (nSPS) is 11.6. The molecule has 0 atom stereocenters. The van der Waals surface area contributed by atoms with Gasteiger partial charge in [0.05, 0.1) is 5.56 Å². The maximum Gasteiger partial charge on any atom is 0.419 e. The van der Waals surface area contributed by atoms with Crippen molar-refractivity contribution in [1.29, 1.82) is 0 Å². The molecule has 1 aromatic heterocycles. The molecule has 0 aliphatic carbocycles. The number of nitrogens with zero attached hydrogens (tertiary/aromatic N) is 1. The van der Waals surface area contributed by atoms with Gasteiger partial charge in [-0.25, -0.2) is 4.98 Å². The summed E-state index contributed by atoms with van der Waals surface area (Å²) in [6.07, 6.45) is -3.01. The van der Waals surface area contributed by atoms with Gasteiger partial charge in [-0.05, 0) is 31.2 Å². The van der Waals surface area contributed by atoms with Crippen molar-refractivity contribution in [3.8, 4) is 0 Å². The number of aromatic nitrogens is 1. The number of rotatable bonds is 2. The van der Waals surface area contributed by atoms with Gasteiger partial charge in [-0.1, -0.05) is 29.5 Å². The molecule has 1 nitrogen and oxygen atoms in total. The number of alkyl halides is 3. The Hall–Kier alpha value is -1.49. The Labute approximate surface area is 107 Å². The van der Waals surface area contributed by atoms with Crippen LogP contribution in [0.15, 0.2) is 52.5 Å². The highest BCUT2D eigenvalue weighted by Crippen LogP contribution is 2.37. The number of halogens is 3. The van der Waals surface area contributed by atoms with Crippen LogP contribution in [-0.4, -0.2) is 4.98 Å². The molecule has 0 saturated carbocycles. The van der Waals surface area contributed by atoms with Gasteiger partial charge in [-0.15, -0.1) is 0 Å². The minimum Gasteiger partial charge on any atom is -0.249 e. The van der Waals surface area contributed by atoms with E-state index in [0.717, 1.165) is 28.3 Å². The zero-order valence-electron chi connectivity index (χ0n) is 9.53. The van der Waals surface area contributed by atoms with Crippen LogP contribution in [0.1, 0.15) is 11.1 Å². The first-order valence-electron chi connectivity index (χ1n) is 5.23. The molecule has 1 aromatic carbocycles. The summed E-state index contributed by atoms with van der Waals surface area (Å²) in [5.74, 6) is 0. The van der Waals surface area contributed by atoms with E-state index >= 15 is 0 Å². The molecule has 0 radical (unpaired) electrons. The van der Waals surface area contributed by atoms with Crippen LogP contribution in [0.4, 0.5) is 13.2 Å². The molecule has 1 heterocycles. The van der Waals surface area contributed by atoms with Crippen molar-refractivity contribution in [2.45, 2.75) is 23.0 Å². The van der Waals surface area contributed by atoms with Crippen molar-refractivity contribution in [2.75, 3.05) is 0 Å². The zero-order chi connectivity index (χ0) is 13.2. The van der Waals surface area contributed by atoms with E-state index in [1.165, 1.54) is 12.3 Å². The fourth-order valence-corrected chi connectivity index (χ4v) is 2.31. The third-order valence-corrected chi connectivity index (χ3v) is 3.34. The van der Waals surface area contributed by atoms with Gasteiger partial charge >= 0.3 is 6.18 Å². The average Bonchev–Trinajstić information content (AvgIpc) is 2.31. The summed E-state index contributed by atoms with van der Waals surface area (Å²) in [5, 5.41) is -0.0196. The number of hydrogen-bond acceptors (Lipinski definition) is 2. The van der Waals surface area contributed by atoms with E-state index < -0.39 is 11.7 Å². The van der Waals surface area contributed by atoms with Gasteiger partial charge < -0.3 is 0 Å². The van der Waals surface area contributed by atoms with Crippen LogP contribution >= 0.6 is 11.8 Å². The van der Waals surface area contributed by atoms with E-state index in [-0.39, 0.29) is 5.03 Å². The molecule has 0 amide bonds. The molecule has 0 aliphatic rings. The van der Waals surface area contributed by atoms with Crippen LogP contribution in [0.25, 0.3) is 0 Å². The molecule has 0 N–H and O–H groups in total. The number of pyridine rings is 1. The average molecular weight is 269 g/mol. The minimum absolute atomic E-state index is 0.0196. The highest BCUT2D eigenvalue weighted by atomic mass is 32.2. The third-order valence-electron chi connectivity index (χ3n) is 2.31. The first kappa shape index (κ1) is 13.0. The summed E-state index contributed by atoms with van der Waals surface area (Å²) in [6, 6.07) is 9.63. The molecule has 18 heavy (non-hydrogen) atoms. The fraction of sp³-hybridized carbons (Fsp3) is 0.154. The Kier molecular flexibility index (Phi) is 3.61. The van der Waals surface area contributed by atoms with E-state index in [1.807, 2.05) is 19.1 Å². The van der Waals surface area contributed by atoms with E-state index in [4.69, 9.17) is 0 Å². The lowest BCUT2D eigenvalue weighted by Gasteiger charge is -2.10. The SMILES string of the molecule is Cc1ccc(Sc2ncccc2C(F)(F)F)cc1. The monoisotopic (exact) mass is 269 g/mol. The molecule has 0 fully saturated rings. The van der Waals surface area contributed by atoms with Crippen molar-refractivity contribution in [3.63, 3.8) is 0 Å². The topological polar surface area (TPSA) is 12.9 Å². The summed E-state index contributed by atoms with van der Waals surface area (Å²) in [5.41, 5.74) is 0.368. The molecule has 5 heteroatoms. The van der Waals surface area contributed by atoms with Crippen LogP contribution in [0.3, 0.4) is 0 Å². The van der Waals surface area contributed by atoms with Gasteiger partial charge in [0.2, 0.25) is 0 Å². The van der Waals surface area contributed by atoms with Gasteiger partial charge in [0.15, 0.2) is 0 Å². The predicted octanol–water partition coefficient (Wildman–Crippen LogP) is 4.56. The van der Waals surface area contributed by atoms with Crippen molar-refractivity contribution >= 4 is 11.8 Å². The van der Waals surface area contributed by atoms with Gasteiger partial charge in [-0.3, -0.25) is 0 Å². The summed E-state index contributed by atoms with van der Waals surface area (Å²) in [4.78, 5) is 4.55. The van der Waals surface area contributed by atoms with E-state index in [1.54, 1.807) is 12.1 Å². The van der Waals surface area contributed by atoms with E-state index in [2.05, 4.69) is 4.98 Å². The second kappa shape index (κ2) is 5.02. The second-order valence-corrected chi connectivity index (χ2v) is 4.83. The van der Waals surface area contributed by atoms with E-state index in [9.17, 15) is 13.2 Å². The Morgan fingerprint density at radius 3 is 2.33 bits per heavy atom. The van der Waals surface area contributed by atoms with Gasteiger partial charge in [0.1, 0.15) is 5.03 Å². The quantitative estimate of drug-likeness (QED) is 0.792. The van der Waals surface area contributed by atoms with Crippen LogP contribution < -0.4 is 0 Å². The Morgan fingerprint density at radius 2 is 1.72 bits per heavy atom. The summed E-state index contributed by atoms with van der Waals surface area (Å²) >= 11 is 1.02. The van der Waals surface area contributed by atoms with E-state index in [0.29, 0.717) is 0 Å².